The quantitative estimate of drug-likeness (QED) is 0.545. The van der Waals surface area contributed by atoms with E-state index in [2.05, 4.69) is 16.9 Å². The summed E-state index contributed by atoms with van der Waals surface area (Å²) >= 11 is 0. The van der Waals surface area contributed by atoms with Gasteiger partial charge in [-0.15, -0.1) is 0 Å². The molecule has 0 bridgehead atoms. The number of piperidine rings is 1. The van der Waals surface area contributed by atoms with Crippen molar-refractivity contribution < 1.29 is 4.92 Å². The SMILES string of the molecule is CC1CCN(c2ncnc(N(CCC#N)CCC#N)c2[N+](=O)[O-])CC1. The van der Waals surface area contributed by atoms with E-state index in [4.69, 9.17) is 10.5 Å². The van der Waals surface area contributed by atoms with Crippen molar-refractivity contribution in [3.8, 4) is 12.1 Å². The van der Waals surface area contributed by atoms with Crippen LogP contribution in [0.4, 0.5) is 17.3 Å². The van der Waals surface area contributed by atoms with Gasteiger partial charge < -0.3 is 9.80 Å². The van der Waals surface area contributed by atoms with Gasteiger partial charge in [-0.1, -0.05) is 6.92 Å². The average Bonchev–Trinajstić information content (AvgIpc) is 2.62. The van der Waals surface area contributed by atoms with Crippen molar-refractivity contribution in [2.75, 3.05) is 36.0 Å². The van der Waals surface area contributed by atoms with Gasteiger partial charge in [0.15, 0.2) is 0 Å². The van der Waals surface area contributed by atoms with Gasteiger partial charge in [0.1, 0.15) is 6.33 Å². The van der Waals surface area contributed by atoms with Crippen LogP contribution >= 0.6 is 0 Å². The minimum Gasteiger partial charge on any atom is -0.351 e. The molecule has 0 atom stereocenters. The lowest BCUT2D eigenvalue weighted by Crippen LogP contribution is -2.35. The van der Waals surface area contributed by atoms with Crippen LogP contribution in [0.25, 0.3) is 0 Å². The summed E-state index contributed by atoms with van der Waals surface area (Å²) in [6.45, 7) is 4.17. The minimum atomic E-state index is -0.464. The Bertz CT molecular complexity index is 669. The fraction of sp³-hybridized carbons (Fsp3) is 0.625. The van der Waals surface area contributed by atoms with Crippen LogP contribution in [0.5, 0.6) is 0 Å². The highest BCUT2D eigenvalue weighted by Gasteiger charge is 2.31. The lowest BCUT2D eigenvalue weighted by Gasteiger charge is -2.31. The molecule has 132 valence electrons. The molecule has 0 unspecified atom stereocenters. The monoisotopic (exact) mass is 343 g/mol. The van der Waals surface area contributed by atoms with Gasteiger partial charge in [-0.25, -0.2) is 9.97 Å². The predicted molar refractivity (Wildman–Crippen MR) is 92.0 cm³/mol. The number of hydrogen-bond acceptors (Lipinski definition) is 8. The molecule has 0 saturated carbocycles. The molecule has 1 fully saturated rings. The van der Waals surface area contributed by atoms with Crippen LogP contribution in [0.1, 0.15) is 32.6 Å². The summed E-state index contributed by atoms with van der Waals surface area (Å²) in [4.78, 5) is 23.1. The van der Waals surface area contributed by atoms with Crippen LogP contribution in [0.15, 0.2) is 6.33 Å². The third-order valence-corrected chi connectivity index (χ3v) is 4.34. The van der Waals surface area contributed by atoms with E-state index in [1.165, 1.54) is 6.33 Å². The van der Waals surface area contributed by atoms with E-state index in [9.17, 15) is 10.1 Å². The minimum absolute atomic E-state index is 0.145. The van der Waals surface area contributed by atoms with Crippen molar-refractivity contribution >= 4 is 17.3 Å². The Kier molecular flexibility index (Phi) is 6.47. The van der Waals surface area contributed by atoms with E-state index < -0.39 is 4.92 Å². The number of nitriles is 2. The summed E-state index contributed by atoms with van der Waals surface area (Å²) in [5.74, 6) is 1.10. The molecule has 0 aliphatic carbocycles. The zero-order chi connectivity index (χ0) is 18.2. The van der Waals surface area contributed by atoms with Gasteiger partial charge >= 0.3 is 5.69 Å². The molecule has 1 saturated heterocycles. The molecule has 0 aromatic carbocycles. The fourth-order valence-corrected chi connectivity index (χ4v) is 2.90. The molecule has 1 aromatic rings. The van der Waals surface area contributed by atoms with E-state index >= 15 is 0 Å². The van der Waals surface area contributed by atoms with Crippen molar-refractivity contribution in [3.05, 3.63) is 16.4 Å². The third kappa shape index (κ3) is 4.54. The number of nitro groups is 1. The molecular weight excluding hydrogens is 322 g/mol. The van der Waals surface area contributed by atoms with Gasteiger partial charge in [-0.3, -0.25) is 10.1 Å². The molecular formula is C16H21N7O2. The molecule has 0 spiro atoms. The highest BCUT2D eigenvalue weighted by atomic mass is 16.6. The van der Waals surface area contributed by atoms with Crippen LogP contribution in [0, 0.1) is 38.7 Å². The number of aromatic nitrogens is 2. The van der Waals surface area contributed by atoms with Gasteiger partial charge in [0.2, 0.25) is 11.6 Å². The van der Waals surface area contributed by atoms with Crippen molar-refractivity contribution in [1.29, 1.82) is 10.5 Å². The average molecular weight is 343 g/mol. The molecule has 0 radical (unpaired) electrons. The maximum absolute atomic E-state index is 11.7. The Labute approximate surface area is 146 Å². The van der Waals surface area contributed by atoms with Crippen LogP contribution in [-0.4, -0.2) is 41.1 Å². The van der Waals surface area contributed by atoms with Gasteiger partial charge in [0, 0.05) is 26.2 Å². The first kappa shape index (κ1) is 18.4. The van der Waals surface area contributed by atoms with E-state index in [1.54, 1.807) is 4.90 Å². The summed E-state index contributed by atoms with van der Waals surface area (Å²) < 4.78 is 0. The Balaban J connectivity index is 2.39. The van der Waals surface area contributed by atoms with Crippen molar-refractivity contribution in [3.63, 3.8) is 0 Å². The van der Waals surface area contributed by atoms with Crippen molar-refractivity contribution in [2.24, 2.45) is 5.92 Å². The number of hydrogen-bond donors (Lipinski definition) is 0. The Hall–Kier alpha value is -2.94. The number of nitrogens with zero attached hydrogens (tertiary/aromatic N) is 7. The fourth-order valence-electron chi connectivity index (χ4n) is 2.90. The Morgan fingerprint density at radius 1 is 1.28 bits per heavy atom. The van der Waals surface area contributed by atoms with Crippen LogP contribution in [-0.2, 0) is 0 Å². The summed E-state index contributed by atoms with van der Waals surface area (Å²) in [5.41, 5.74) is -0.145. The zero-order valence-corrected chi connectivity index (χ0v) is 14.3. The summed E-state index contributed by atoms with van der Waals surface area (Å²) in [5, 5.41) is 29.4. The first-order valence-electron chi connectivity index (χ1n) is 8.31. The molecule has 2 rings (SSSR count). The van der Waals surface area contributed by atoms with Crippen molar-refractivity contribution in [1.82, 2.24) is 9.97 Å². The molecule has 1 aliphatic rings. The molecule has 25 heavy (non-hydrogen) atoms. The summed E-state index contributed by atoms with van der Waals surface area (Å²) in [7, 11) is 0. The number of anilines is 2. The van der Waals surface area contributed by atoms with Gasteiger partial charge in [-0.2, -0.15) is 10.5 Å². The molecule has 0 N–H and O–H groups in total. The second-order valence-corrected chi connectivity index (χ2v) is 6.10. The predicted octanol–water partition coefficient (Wildman–Crippen LogP) is 2.25. The second kappa shape index (κ2) is 8.78. The van der Waals surface area contributed by atoms with Crippen molar-refractivity contribution in [2.45, 2.75) is 32.6 Å². The topological polar surface area (TPSA) is 123 Å². The zero-order valence-electron chi connectivity index (χ0n) is 14.3. The van der Waals surface area contributed by atoms with Crippen LogP contribution < -0.4 is 9.80 Å². The van der Waals surface area contributed by atoms with E-state index in [0.29, 0.717) is 11.7 Å². The summed E-state index contributed by atoms with van der Waals surface area (Å²) in [6, 6.07) is 4.06. The van der Waals surface area contributed by atoms with Gasteiger partial charge in [0.05, 0.1) is 29.9 Å². The Morgan fingerprint density at radius 2 is 1.88 bits per heavy atom. The molecule has 1 aliphatic heterocycles. The van der Waals surface area contributed by atoms with Gasteiger partial charge in [-0.05, 0) is 18.8 Å². The molecule has 2 heterocycles. The van der Waals surface area contributed by atoms with E-state index in [-0.39, 0.29) is 37.4 Å². The lowest BCUT2D eigenvalue weighted by molar-refractivity contribution is -0.383. The maximum atomic E-state index is 11.7. The second-order valence-electron chi connectivity index (χ2n) is 6.10. The van der Waals surface area contributed by atoms with Crippen LogP contribution in [0.3, 0.4) is 0 Å². The molecule has 9 nitrogen and oxygen atoms in total. The highest BCUT2D eigenvalue weighted by molar-refractivity contribution is 5.71. The largest absolute Gasteiger partial charge is 0.353 e. The number of rotatable bonds is 7. The first-order chi connectivity index (χ1) is 12.1. The Morgan fingerprint density at radius 3 is 2.40 bits per heavy atom. The maximum Gasteiger partial charge on any atom is 0.353 e. The molecule has 1 aromatic heterocycles. The lowest BCUT2D eigenvalue weighted by atomic mass is 9.99. The molecule has 9 heteroatoms. The third-order valence-electron chi connectivity index (χ3n) is 4.34. The normalized spacial score (nSPS) is 14.6. The first-order valence-corrected chi connectivity index (χ1v) is 8.31. The van der Waals surface area contributed by atoms with E-state index in [0.717, 1.165) is 25.9 Å². The summed E-state index contributed by atoms with van der Waals surface area (Å²) in [6.07, 6.45) is 3.64. The smallest absolute Gasteiger partial charge is 0.351 e. The van der Waals surface area contributed by atoms with E-state index in [1.807, 2.05) is 17.0 Å². The highest BCUT2D eigenvalue weighted by Crippen LogP contribution is 2.36. The molecule has 0 amide bonds. The standard InChI is InChI=1S/C16H21N7O2/c1-13-4-10-22(11-5-13)16-14(23(24)25)15(19-12-20-16)21(8-2-6-17)9-3-7-18/h12-13H,2-5,8-11H2,1H3. The van der Waals surface area contributed by atoms with Gasteiger partial charge in [0.25, 0.3) is 0 Å². The van der Waals surface area contributed by atoms with Crippen LogP contribution in [0.2, 0.25) is 0 Å².